The van der Waals surface area contributed by atoms with E-state index in [2.05, 4.69) is 12.2 Å². The third-order valence-electron chi connectivity index (χ3n) is 1.87. The first-order chi connectivity index (χ1) is 6.24. The zero-order chi connectivity index (χ0) is 9.68. The smallest absolute Gasteiger partial charge is 0.411 e. The van der Waals surface area contributed by atoms with Gasteiger partial charge in [-0.3, -0.25) is 0 Å². The number of hydrogen-bond donors (Lipinski definition) is 1. The molecule has 0 radical (unpaired) electrons. The van der Waals surface area contributed by atoms with Crippen LogP contribution in [-0.2, 0) is 12.6 Å². The van der Waals surface area contributed by atoms with Crippen molar-refractivity contribution < 1.29 is 56.5 Å². The van der Waals surface area contributed by atoms with Crippen molar-refractivity contribution in [3.8, 4) is 0 Å². The van der Waals surface area contributed by atoms with Gasteiger partial charge in [-0.05, 0) is 12.0 Å². The second-order valence-electron chi connectivity index (χ2n) is 2.87. The van der Waals surface area contributed by atoms with Crippen molar-refractivity contribution in [2.45, 2.75) is 6.42 Å². The van der Waals surface area contributed by atoms with E-state index in [1.54, 1.807) is 0 Å². The number of thiocarbonyl (C=S) groups is 1. The Labute approximate surface area is 138 Å². The summed E-state index contributed by atoms with van der Waals surface area (Å²) in [5, 5.41) is 8.78. The number of hydrogen-bond acceptors (Lipinski definition) is 3. The number of allylic oxidation sites excluding steroid dienone is 3. The van der Waals surface area contributed by atoms with Crippen molar-refractivity contribution >= 4 is 29.2 Å². The molecule has 0 aromatic heterocycles. The molecule has 14 heavy (non-hydrogen) atoms. The number of aliphatic hydroxyl groups is 1. The first-order valence-electron chi connectivity index (χ1n) is 4.15. The predicted molar refractivity (Wildman–Crippen MR) is 60.5 cm³/mol. The van der Waals surface area contributed by atoms with Crippen molar-refractivity contribution in [2.24, 2.45) is 0 Å². The molecule has 0 unspecified atom stereocenters. The number of nitrogens with zero attached hydrogens (tertiary/aromatic N) is 1. The molecule has 0 amide bonds. The van der Waals surface area contributed by atoms with Crippen molar-refractivity contribution in [3.63, 3.8) is 0 Å². The summed E-state index contributed by atoms with van der Waals surface area (Å²) in [5.41, 5.74) is 1.29. The summed E-state index contributed by atoms with van der Waals surface area (Å²) >= 11 is 9.80. The third kappa shape index (κ3) is 5.32. The molecule has 1 aliphatic rings. The molecule has 0 aromatic carbocycles. The van der Waals surface area contributed by atoms with E-state index in [4.69, 9.17) is 30.0 Å². The van der Waals surface area contributed by atoms with E-state index in [0.29, 0.717) is 10.9 Å². The van der Waals surface area contributed by atoms with Crippen LogP contribution in [0, 0.1) is 0 Å². The van der Waals surface area contributed by atoms with Gasteiger partial charge >= 0.3 is 51.4 Å². The van der Waals surface area contributed by atoms with E-state index < -0.39 is 0 Å². The summed E-state index contributed by atoms with van der Waals surface area (Å²) in [6.07, 6.45) is 7.16. The Morgan fingerprint density at radius 3 is 2.79 bits per heavy atom. The van der Waals surface area contributed by atoms with Crippen molar-refractivity contribution in [1.82, 2.24) is 4.90 Å². The Bertz CT molecular complexity index is 253. The SMILES string of the molecule is OCCN(CC1=CC=CC1)C(=S)[S-].[K+]. The molecule has 0 fully saturated rings. The van der Waals surface area contributed by atoms with E-state index in [1.165, 1.54) is 5.57 Å². The molecule has 0 aliphatic heterocycles. The van der Waals surface area contributed by atoms with Crippen molar-refractivity contribution in [3.05, 3.63) is 23.8 Å². The molecule has 0 aromatic rings. The molecular weight excluding hydrogens is 241 g/mol. The van der Waals surface area contributed by atoms with Gasteiger partial charge in [0.15, 0.2) is 0 Å². The van der Waals surface area contributed by atoms with Crippen LogP contribution >= 0.6 is 12.2 Å². The van der Waals surface area contributed by atoms with E-state index in [0.717, 1.165) is 13.0 Å². The van der Waals surface area contributed by atoms with E-state index in [-0.39, 0.29) is 58.0 Å². The predicted octanol–water partition coefficient (Wildman–Crippen LogP) is -2.00. The first-order valence-corrected chi connectivity index (χ1v) is 4.97. The zero-order valence-electron chi connectivity index (χ0n) is 8.27. The molecular formula is C9H12KNOS2. The van der Waals surface area contributed by atoms with Crippen LogP contribution in [0.3, 0.4) is 0 Å². The molecule has 1 N–H and O–H groups in total. The average Bonchev–Trinajstić information content (AvgIpc) is 2.56. The first kappa shape index (κ1) is 15.2. The van der Waals surface area contributed by atoms with Crippen molar-refractivity contribution in [2.75, 3.05) is 19.7 Å². The molecule has 5 heteroatoms. The quantitative estimate of drug-likeness (QED) is 0.356. The number of aliphatic hydroxyl groups excluding tert-OH is 1. The van der Waals surface area contributed by atoms with Gasteiger partial charge in [0.25, 0.3) is 0 Å². The van der Waals surface area contributed by atoms with E-state index >= 15 is 0 Å². The molecule has 0 heterocycles. The monoisotopic (exact) mass is 253 g/mol. The summed E-state index contributed by atoms with van der Waals surface area (Å²) in [7, 11) is 0. The normalized spacial score (nSPS) is 13.4. The second-order valence-corrected chi connectivity index (χ2v) is 3.90. The summed E-state index contributed by atoms with van der Waals surface area (Å²) in [6, 6.07) is 0. The van der Waals surface area contributed by atoms with Gasteiger partial charge in [-0.25, -0.2) is 0 Å². The molecule has 2 nitrogen and oxygen atoms in total. The molecule has 0 bridgehead atoms. The maximum atomic E-state index is 8.78. The summed E-state index contributed by atoms with van der Waals surface area (Å²) in [5.74, 6) is 0. The van der Waals surface area contributed by atoms with Gasteiger partial charge < -0.3 is 34.9 Å². The van der Waals surface area contributed by atoms with Gasteiger partial charge in [0.1, 0.15) is 0 Å². The Morgan fingerprint density at radius 1 is 1.64 bits per heavy atom. The minimum absolute atomic E-state index is 0. The van der Waals surface area contributed by atoms with Crippen LogP contribution < -0.4 is 51.4 Å². The summed E-state index contributed by atoms with van der Waals surface area (Å²) in [6.45, 7) is 1.37. The maximum Gasteiger partial charge on any atom is 1.00 e. The Kier molecular flexibility index (Phi) is 9.06. The fourth-order valence-corrected chi connectivity index (χ4v) is 1.52. The third-order valence-corrected chi connectivity index (χ3v) is 2.39. The fraction of sp³-hybridized carbons (Fsp3) is 0.444. The van der Waals surface area contributed by atoms with Gasteiger partial charge in [-0.2, -0.15) is 0 Å². The Morgan fingerprint density at radius 2 is 2.36 bits per heavy atom. The van der Waals surface area contributed by atoms with Crippen LogP contribution in [0.4, 0.5) is 0 Å². The van der Waals surface area contributed by atoms with E-state index in [1.807, 2.05) is 11.0 Å². The molecule has 0 saturated heterocycles. The van der Waals surface area contributed by atoms with Crippen molar-refractivity contribution in [1.29, 1.82) is 0 Å². The largest absolute Gasteiger partial charge is 1.00 e. The molecule has 72 valence electrons. The van der Waals surface area contributed by atoms with Gasteiger partial charge in [-0.15, -0.1) is 0 Å². The maximum absolute atomic E-state index is 8.78. The Balaban J connectivity index is 0.00000169. The average molecular weight is 253 g/mol. The van der Waals surface area contributed by atoms with Crippen LogP contribution in [-0.4, -0.2) is 34.0 Å². The topological polar surface area (TPSA) is 23.5 Å². The molecule has 0 saturated carbocycles. The minimum Gasteiger partial charge on any atom is -0.411 e. The molecule has 0 spiro atoms. The van der Waals surface area contributed by atoms with E-state index in [9.17, 15) is 0 Å². The van der Waals surface area contributed by atoms with Crippen LogP contribution in [0.15, 0.2) is 23.8 Å². The Hall–Kier alpha value is 1.19. The number of rotatable bonds is 4. The van der Waals surface area contributed by atoms with Gasteiger partial charge in [0.2, 0.25) is 0 Å². The molecule has 0 atom stereocenters. The van der Waals surface area contributed by atoms with Crippen LogP contribution in [0.5, 0.6) is 0 Å². The summed E-state index contributed by atoms with van der Waals surface area (Å²) < 4.78 is 0.432. The van der Waals surface area contributed by atoms with Gasteiger partial charge in [0.05, 0.1) is 6.61 Å². The second kappa shape index (κ2) is 8.35. The minimum atomic E-state index is 0. The fourth-order valence-electron chi connectivity index (χ4n) is 1.21. The van der Waals surface area contributed by atoms with Gasteiger partial charge in [-0.1, -0.05) is 22.5 Å². The zero-order valence-corrected chi connectivity index (χ0v) is 13.0. The van der Waals surface area contributed by atoms with Crippen LogP contribution in [0.1, 0.15) is 6.42 Å². The van der Waals surface area contributed by atoms with Crippen LogP contribution in [0.2, 0.25) is 0 Å². The summed E-state index contributed by atoms with van der Waals surface area (Å²) in [4.78, 5) is 1.84. The molecule has 1 aliphatic carbocycles. The van der Waals surface area contributed by atoms with Crippen LogP contribution in [0.25, 0.3) is 0 Å². The van der Waals surface area contributed by atoms with Gasteiger partial charge in [0, 0.05) is 13.1 Å². The standard InChI is InChI=1S/C9H13NOS2.K/c11-6-5-10(9(12)13)7-8-3-1-2-4-8;/h1-3,11H,4-7H2,(H,12,13);/q;+1/p-1. The molecule has 1 rings (SSSR count).